The maximum atomic E-state index is 13.8. The molecule has 4 aliphatic rings. The first-order chi connectivity index (χ1) is 17.8. The zero-order valence-electron chi connectivity index (χ0n) is 20.0. The van der Waals surface area contributed by atoms with Crippen LogP contribution in [0.1, 0.15) is 35.6 Å². The third-order valence-corrected chi connectivity index (χ3v) is 8.98. The number of carbonyl (C=O) groups excluding carboxylic acids is 3. The SMILES string of the molecule is CCOc1ccccc1NC(=O)CCN1C(=O)[C@@H]2[C@@H](C1=O)C1(Cl)c3ccccc3C2(Cl)c2ccccc21. The standard InChI is InChI=1S/C29H24Cl2N2O4/c1-2-37-22-14-8-7-13-21(22)32-23(34)15-16-33-26(35)24-25(27(33)36)29(31)18-10-4-3-9-17(18)28(24,30)19-11-5-6-12-20(19)29/h3-14,24-25H,2,15-16H2,1H3,(H,32,34)/t24-,25-,28?,29?/m0/s1. The topological polar surface area (TPSA) is 75.7 Å². The van der Waals surface area contributed by atoms with Gasteiger partial charge in [0.25, 0.3) is 0 Å². The number of rotatable bonds is 6. The van der Waals surface area contributed by atoms with Crippen molar-refractivity contribution in [3.05, 3.63) is 95.1 Å². The molecule has 0 aromatic heterocycles. The van der Waals surface area contributed by atoms with Gasteiger partial charge in [0.2, 0.25) is 17.7 Å². The summed E-state index contributed by atoms with van der Waals surface area (Å²) in [6.07, 6.45) is -0.0676. The van der Waals surface area contributed by atoms with Gasteiger partial charge in [-0.3, -0.25) is 19.3 Å². The zero-order chi connectivity index (χ0) is 25.9. The van der Waals surface area contributed by atoms with E-state index >= 15 is 0 Å². The highest BCUT2D eigenvalue weighted by Crippen LogP contribution is 2.69. The second kappa shape index (κ2) is 8.61. The fourth-order valence-corrected chi connectivity index (χ4v) is 7.32. The Bertz CT molecular complexity index is 1330. The van der Waals surface area contributed by atoms with Gasteiger partial charge in [0, 0.05) is 13.0 Å². The number of amides is 3. The molecule has 188 valence electrons. The van der Waals surface area contributed by atoms with E-state index in [-0.39, 0.29) is 18.9 Å². The lowest BCUT2D eigenvalue weighted by Crippen LogP contribution is -2.57. The first-order valence-corrected chi connectivity index (χ1v) is 13.0. The Morgan fingerprint density at radius 3 is 1.78 bits per heavy atom. The van der Waals surface area contributed by atoms with Crippen LogP contribution in [0.15, 0.2) is 72.8 Å². The number of ether oxygens (including phenoxy) is 1. The Hall–Kier alpha value is -3.35. The lowest BCUT2D eigenvalue weighted by atomic mass is 9.54. The third-order valence-electron chi connectivity index (χ3n) is 7.70. The van der Waals surface area contributed by atoms with Crippen LogP contribution in [0.2, 0.25) is 0 Å². The van der Waals surface area contributed by atoms with Crippen molar-refractivity contribution in [2.75, 3.05) is 18.5 Å². The van der Waals surface area contributed by atoms with Crippen LogP contribution < -0.4 is 10.1 Å². The van der Waals surface area contributed by atoms with Crippen molar-refractivity contribution >= 4 is 46.6 Å². The van der Waals surface area contributed by atoms with Crippen molar-refractivity contribution in [2.45, 2.75) is 23.1 Å². The average Bonchev–Trinajstić information content (AvgIpc) is 3.17. The molecule has 1 saturated heterocycles. The molecule has 3 aliphatic carbocycles. The molecule has 1 heterocycles. The molecule has 37 heavy (non-hydrogen) atoms. The Kier molecular flexibility index (Phi) is 5.58. The first kappa shape index (κ1) is 24.0. The van der Waals surface area contributed by atoms with E-state index in [1.165, 1.54) is 0 Å². The molecule has 3 amide bonds. The van der Waals surface area contributed by atoms with E-state index in [1.807, 2.05) is 61.5 Å². The molecule has 0 radical (unpaired) electrons. The highest BCUT2D eigenvalue weighted by atomic mass is 35.5. The minimum absolute atomic E-state index is 0.0676. The van der Waals surface area contributed by atoms with Crippen molar-refractivity contribution < 1.29 is 19.1 Å². The number of hydrogen-bond acceptors (Lipinski definition) is 4. The highest BCUT2D eigenvalue weighted by Gasteiger charge is 2.72. The quantitative estimate of drug-likeness (QED) is 0.356. The maximum Gasteiger partial charge on any atom is 0.235 e. The summed E-state index contributed by atoms with van der Waals surface area (Å²) in [5.41, 5.74) is 3.53. The number of imide groups is 1. The van der Waals surface area contributed by atoms with Crippen LogP contribution in [0.5, 0.6) is 5.75 Å². The number of nitrogens with one attached hydrogen (secondary N) is 1. The molecule has 0 unspecified atom stereocenters. The van der Waals surface area contributed by atoms with Gasteiger partial charge in [0.05, 0.1) is 24.1 Å². The Balaban J connectivity index is 1.31. The van der Waals surface area contributed by atoms with Crippen molar-refractivity contribution in [1.82, 2.24) is 4.90 Å². The molecule has 0 spiro atoms. The highest BCUT2D eigenvalue weighted by molar-refractivity contribution is 6.36. The number of hydrogen-bond donors (Lipinski definition) is 1. The van der Waals surface area contributed by atoms with E-state index < -0.39 is 33.4 Å². The summed E-state index contributed by atoms with van der Waals surface area (Å²) in [4.78, 5) is 39.2. The minimum Gasteiger partial charge on any atom is -0.492 e. The zero-order valence-corrected chi connectivity index (χ0v) is 21.6. The summed E-state index contributed by atoms with van der Waals surface area (Å²) in [6, 6.07) is 22.1. The van der Waals surface area contributed by atoms with Gasteiger partial charge < -0.3 is 10.1 Å². The molecular weight excluding hydrogens is 511 g/mol. The molecule has 7 rings (SSSR count). The number of benzene rings is 3. The van der Waals surface area contributed by atoms with E-state index in [4.69, 9.17) is 27.9 Å². The van der Waals surface area contributed by atoms with E-state index in [0.717, 1.165) is 27.2 Å². The summed E-state index contributed by atoms with van der Waals surface area (Å²) >= 11 is 14.8. The first-order valence-electron chi connectivity index (χ1n) is 12.3. The van der Waals surface area contributed by atoms with Crippen LogP contribution in [0, 0.1) is 11.8 Å². The minimum atomic E-state index is -1.23. The van der Waals surface area contributed by atoms with Gasteiger partial charge in [-0.15, -0.1) is 23.2 Å². The lowest BCUT2D eigenvalue weighted by Gasteiger charge is -2.54. The van der Waals surface area contributed by atoms with Gasteiger partial charge in [0.15, 0.2) is 0 Å². The third kappa shape index (κ3) is 3.22. The summed E-state index contributed by atoms with van der Waals surface area (Å²) in [5.74, 6) is -2.32. The van der Waals surface area contributed by atoms with Crippen LogP contribution in [-0.2, 0) is 24.1 Å². The van der Waals surface area contributed by atoms with Gasteiger partial charge in [-0.25, -0.2) is 0 Å². The van der Waals surface area contributed by atoms with Gasteiger partial charge >= 0.3 is 0 Å². The second-order valence-electron chi connectivity index (χ2n) is 9.53. The second-order valence-corrected chi connectivity index (χ2v) is 10.7. The lowest BCUT2D eigenvalue weighted by molar-refractivity contribution is -0.140. The monoisotopic (exact) mass is 534 g/mol. The van der Waals surface area contributed by atoms with Crippen LogP contribution in [0.3, 0.4) is 0 Å². The summed E-state index contributed by atoms with van der Waals surface area (Å²) in [6.45, 7) is 2.25. The number of carbonyl (C=O) groups is 3. The van der Waals surface area contributed by atoms with Crippen LogP contribution in [-0.4, -0.2) is 35.8 Å². The number of halogens is 2. The molecule has 6 nitrogen and oxygen atoms in total. The van der Waals surface area contributed by atoms with Crippen LogP contribution in [0.25, 0.3) is 0 Å². The predicted octanol–water partition coefficient (Wildman–Crippen LogP) is 5.01. The summed E-state index contributed by atoms with van der Waals surface area (Å²) < 4.78 is 5.57. The van der Waals surface area contributed by atoms with Crippen molar-refractivity contribution in [1.29, 1.82) is 0 Å². The van der Waals surface area contributed by atoms with Gasteiger partial charge in [-0.05, 0) is 41.3 Å². The molecular formula is C29H24Cl2N2O4. The molecule has 1 N–H and O–H groups in total. The van der Waals surface area contributed by atoms with Gasteiger partial charge in [-0.2, -0.15) is 0 Å². The molecule has 0 saturated carbocycles. The predicted molar refractivity (Wildman–Crippen MR) is 141 cm³/mol. The van der Waals surface area contributed by atoms with Crippen LogP contribution in [0.4, 0.5) is 5.69 Å². The van der Waals surface area contributed by atoms with E-state index in [2.05, 4.69) is 5.32 Å². The number of alkyl halides is 2. The molecule has 2 bridgehead atoms. The van der Waals surface area contributed by atoms with Crippen molar-refractivity contribution in [3.63, 3.8) is 0 Å². The average molecular weight is 535 g/mol. The smallest absolute Gasteiger partial charge is 0.235 e. The Morgan fingerprint density at radius 1 is 0.838 bits per heavy atom. The summed E-state index contributed by atoms with van der Waals surface area (Å²) in [5, 5.41) is 2.82. The largest absolute Gasteiger partial charge is 0.492 e. The fourth-order valence-electron chi connectivity index (χ4n) is 6.22. The number of para-hydroxylation sites is 2. The van der Waals surface area contributed by atoms with Crippen LogP contribution >= 0.6 is 23.2 Å². The Labute approximate surface area is 224 Å². The summed E-state index contributed by atoms with van der Waals surface area (Å²) in [7, 11) is 0. The number of anilines is 1. The van der Waals surface area contributed by atoms with Crippen molar-refractivity contribution in [3.8, 4) is 5.75 Å². The fraction of sp³-hybridized carbons (Fsp3) is 0.276. The van der Waals surface area contributed by atoms with Gasteiger partial charge in [-0.1, -0.05) is 60.7 Å². The molecule has 8 heteroatoms. The normalized spacial score (nSPS) is 26.9. The molecule has 2 atom stereocenters. The van der Waals surface area contributed by atoms with Crippen molar-refractivity contribution in [2.24, 2.45) is 11.8 Å². The van der Waals surface area contributed by atoms with Gasteiger partial charge in [0.1, 0.15) is 15.5 Å². The number of nitrogens with zero attached hydrogens (tertiary/aromatic N) is 1. The Morgan fingerprint density at radius 2 is 1.30 bits per heavy atom. The van der Waals surface area contributed by atoms with E-state index in [9.17, 15) is 14.4 Å². The molecule has 3 aromatic carbocycles. The molecule has 3 aromatic rings. The maximum absolute atomic E-state index is 13.8. The van der Waals surface area contributed by atoms with E-state index in [1.54, 1.807) is 18.2 Å². The number of likely N-dealkylation sites (tertiary alicyclic amines) is 1. The molecule has 1 aliphatic heterocycles. The molecule has 1 fully saturated rings. The van der Waals surface area contributed by atoms with E-state index in [0.29, 0.717) is 18.0 Å².